The van der Waals surface area contributed by atoms with Crippen LogP contribution in [0, 0.1) is 0 Å². The van der Waals surface area contributed by atoms with Crippen LogP contribution in [0.3, 0.4) is 0 Å². The first-order valence-corrected chi connectivity index (χ1v) is 4.62. The van der Waals surface area contributed by atoms with Gasteiger partial charge in [0.1, 0.15) is 0 Å². The van der Waals surface area contributed by atoms with Crippen LogP contribution < -0.4 is 0 Å². The van der Waals surface area contributed by atoms with E-state index in [1.165, 1.54) is 36.7 Å². The van der Waals surface area contributed by atoms with Gasteiger partial charge in [-0.3, -0.25) is 0 Å². The summed E-state index contributed by atoms with van der Waals surface area (Å²) in [5.74, 6) is 0. The van der Waals surface area contributed by atoms with E-state index in [0.29, 0.717) is 0 Å². The standard InChI is InChI=1S/C9H18N/c1-3-10(2,8-4-5-8)9-6-7-9/h8-9H,3-7H2,1-2H3/q+1. The zero-order chi connectivity index (χ0) is 7.19. The number of quaternary nitrogens is 1. The average molecular weight is 140 g/mol. The highest BCUT2D eigenvalue weighted by atomic mass is 15.4. The maximum Gasteiger partial charge on any atom is 0.0894 e. The monoisotopic (exact) mass is 140 g/mol. The van der Waals surface area contributed by atoms with Crippen LogP contribution in [0.25, 0.3) is 0 Å². The van der Waals surface area contributed by atoms with E-state index in [-0.39, 0.29) is 0 Å². The SMILES string of the molecule is CC[N+](C)(C1CC1)C1CC1. The minimum atomic E-state index is 1.05. The highest BCUT2D eigenvalue weighted by molar-refractivity contribution is 4.83. The average Bonchev–Trinajstić information content (AvgIpc) is 2.73. The normalized spacial score (nSPS) is 27.0. The number of nitrogens with zero attached hydrogens (tertiary/aromatic N) is 1. The van der Waals surface area contributed by atoms with Crippen molar-refractivity contribution in [3.8, 4) is 0 Å². The van der Waals surface area contributed by atoms with Crippen LogP contribution in [-0.2, 0) is 0 Å². The third-order valence-corrected chi connectivity index (χ3v) is 3.44. The van der Waals surface area contributed by atoms with Crippen molar-refractivity contribution in [2.24, 2.45) is 0 Å². The Morgan fingerprint density at radius 2 is 1.50 bits per heavy atom. The fraction of sp³-hybridized carbons (Fsp3) is 1.00. The van der Waals surface area contributed by atoms with E-state index in [4.69, 9.17) is 0 Å². The second kappa shape index (κ2) is 1.97. The summed E-state index contributed by atoms with van der Waals surface area (Å²) < 4.78 is 1.40. The summed E-state index contributed by atoms with van der Waals surface area (Å²) in [6.07, 6.45) is 6.00. The molecule has 0 bridgehead atoms. The molecule has 0 atom stereocenters. The van der Waals surface area contributed by atoms with Crippen molar-refractivity contribution in [1.82, 2.24) is 0 Å². The Morgan fingerprint density at radius 1 is 1.10 bits per heavy atom. The lowest BCUT2D eigenvalue weighted by atomic mass is 10.3. The molecule has 2 rings (SSSR count). The third-order valence-electron chi connectivity index (χ3n) is 3.44. The molecule has 0 radical (unpaired) electrons. The first-order valence-electron chi connectivity index (χ1n) is 4.62. The van der Waals surface area contributed by atoms with Crippen LogP contribution in [0.2, 0.25) is 0 Å². The van der Waals surface area contributed by atoms with Gasteiger partial charge < -0.3 is 4.48 Å². The minimum Gasteiger partial charge on any atom is -0.321 e. The van der Waals surface area contributed by atoms with E-state index in [0.717, 1.165) is 12.1 Å². The Morgan fingerprint density at radius 3 is 1.70 bits per heavy atom. The van der Waals surface area contributed by atoms with E-state index >= 15 is 0 Å². The Balaban J connectivity index is 2.03. The van der Waals surface area contributed by atoms with E-state index < -0.39 is 0 Å². The molecule has 0 heterocycles. The molecular weight excluding hydrogens is 122 g/mol. The first-order chi connectivity index (χ1) is 4.77. The van der Waals surface area contributed by atoms with Gasteiger partial charge in [-0.1, -0.05) is 0 Å². The zero-order valence-corrected chi connectivity index (χ0v) is 7.14. The van der Waals surface area contributed by atoms with Crippen molar-refractivity contribution < 1.29 is 4.48 Å². The zero-order valence-electron chi connectivity index (χ0n) is 7.14. The highest BCUT2D eigenvalue weighted by Crippen LogP contribution is 2.42. The molecular formula is C9H18N+. The van der Waals surface area contributed by atoms with Gasteiger partial charge in [-0.15, -0.1) is 0 Å². The fourth-order valence-corrected chi connectivity index (χ4v) is 2.14. The first kappa shape index (κ1) is 6.66. The summed E-state index contributed by atoms with van der Waals surface area (Å²) in [6, 6.07) is 2.11. The van der Waals surface area contributed by atoms with Gasteiger partial charge in [0.15, 0.2) is 0 Å². The van der Waals surface area contributed by atoms with Gasteiger partial charge in [0.2, 0.25) is 0 Å². The Bertz CT molecular complexity index is 122. The van der Waals surface area contributed by atoms with Crippen LogP contribution in [0.1, 0.15) is 32.6 Å². The predicted octanol–water partition coefficient (Wildman–Crippen LogP) is 1.78. The molecule has 2 saturated carbocycles. The molecule has 58 valence electrons. The van der Waals surface area contributed by atoms with E-state index in [1.807, 2.05) is 0 Å². The fourth-order valence-electron chi connectivity index (χ4n) is 2.14. The van der Waals surface area contributed by atoms with Gasteiger partial charge in [-0.2, -0.15) is 0 Å². The van der Waals surface area contributed by atoms with Gasteiger partial charge in [0.25, 0.3) is 0 Å². The van der Waals surface area contributed by atoms with Crippen LogP contribution in [-0.4, -0.2) is 30.2 Å². The predicted molar refractivity (Wildman–Crippen MR) is 42.8 cm³/mol. The third kappa shape index (κ3) is 0.878. The second-order valence-corrected chi connectivity index (χ2v) is 4.13. The topological polar surface area (TPSA) is 0 Å². The van der Waals surface area contributed by atoms with E-state index in [1.54, 1.807) is 0 Å². The molecule has 0 N–H and O–H groups in total. The molecule has 0 saturated heterocycles. The Hall–Kier alpha value is -0.0400. The van der Waals surface area contributed by atoms with Gasteiger partial charge in [-0.05, 0) is 6.92 Å². The van der Waals surface area contributed by atoms with Gasteiger partial charge >= 0.3 is 0 Å². The lowest BCUT2D eigenvalue weighted by molar-refractivity contribution is -0.928. The molecule has 2 aliphatic rings. The summed E-state index contributed by atoms with van der Waals surface area (Å²) in [6.45, 7) is 3.70. The smallest absolute Gasteiger partial charge is 0.0894 e. The van der Waals surface area contributed by atoms with E-state index in [2.05, 4.69) is 14.0 Å². The van der Waals surface area contributed by atoms with E-state index in [9.17, 15) is 0 Å². The minimum absolute atomic E-state index is 1.05. The summed E-state index contributed by atoms with van der Waals surface area (Å²) >= 11 is 0. The van der Waals surface area contributed by atoms with Crippen LogP contribution in [0.4, 0.5) is 0 Å². The number of rotatable bonds is 3. The molecule has 0 spiro atoms. The largest absolute Gasteiger partial charge is 0.321 e. The number of hydrogen-bond acceptors (Lipinski definition) is 0. The molecule has 0 unspecified atom stereocenters. The number of hydrogen-bond donors (Lipinski definition) is 0. The lowest BCUT2D eigenvalue weighted by Gasteiger charge is -2.34. The summed E-state index contributed by atoms with van der Waals surface area (Å²) in [5, 5.41) is 0. The van der Waals surface area contributed by atoms with Gasteiger partial charge in [-0.25, -0.2) is 0 Å². The summed E-state index contributed by atoms with van der Waals surface area (Å²) in [4.78, 5) is 0. The van der Waals surface area contributed by atoms with Crippen molar-refractivity contribution >= 4 is 0 Å². The molecule has 10 heavy (non-hydrogen) atoms. The van der Waals surface area contributed by atoms with Crippen molar-refractivity contribution in [1.29, 1.82) is 0 Å². The van der Waals surface area contributed by atoms with Crippen molar-refractivity contribution in [2.45, 2.75) is 44.7 Å². The summed E-state index contributed by atoms with van der Waals surface area (Å²) in [7, 11) is 2.45. The maximum absolute atomic E-state index is 2.45. The maximum atomic E-state index is 2.45. The van der Waals surface area contributed by atoms with Gasteiger partial charge in [0, 0.05) is 25.7 Å². The Labute approximate surface area is 63.6 Å². The van der Waals surface area contributed by atoms with Crippen LogP contribution in [0.15, 0.2) is 0 Å². The van der Waals surface area contributed by atoms with Crippen LogP contribution in [0.5, 0.6) is 0 Å². The molecule has 2 fully saturated rings. The second-order valence-electron chi connectivity index (χ2n) is 4.13. The molecule has 2 aliphatic carbocycles. The van der Waals surface area contributed by atoms with Gasteiger partial charge in [0.05, 0.1) is 25.7 Å². The Kier molecular flexibility index (Phi) is 1.31. The molecule has 0 aromatic carbocycles. The lowest BCUT2D eigenvalue weighted by Crippen LogP contribution is -2.47. The van der Waals surface area contributed by atoms with Crippen LogP contribution >= 0.6 is 0 Å². The summed E-state index contributed by atoms with van der Waals surface area (Å²) in [5.41, 5.74) is 0. The molecule has 0 aromatic rings. The molecule has 0 aromatic heterocycles. The van der Waals surface area contributed by atoms with Crippen molar-refractivity contribution in [3.05, 3.63) is 0 Å². The molecule has 1 nitrogen and oxygen atoms in total. The highest BCUT2D eigenvalue weighted by Gasteiger charge is 2.49. The molecule has 0 amide bonds. The molecule has 0 aliphatic heterocycles. The van der Waals surface area contributed by atoms with Crippen molar-refractivity contribution in [2.75, 3.05) is 13.6 Å². The molecule has 1 heteroatoms. The van der Waals surface area contributed by atoms with Crippen molar-refractivity contribution in [3.63, 3.8) is 0 Å². The quantitative estimate of drug-likeness (QED) is 0.524.